The van der Waals surface area contributed by atoms with E-state index in [9.17, 15) is 5.11 Å². The van der Waals surface area contributed by atoms with Crippen LogP contribution in [0, 0.1) is 6.92 Å². The summed E-state index contributed by atoms with van der Waals surface area (Å²) in [6.45, 7) is 1.88. The first-order valence-corrected chi connectivity index (χ1v) is 3.81. The van der Waals surface area contributed by atoms with Gasteiger partial charge in [-0.15, -0.1) is 0 Å². The maximum absolute atomic E-state index is 9.40. The third-order valence-electron chi connectivity index (χ3n) is 1.96. The summed E-state index contributed by atoms with van der Waals surface area (Å²) in [4.78, 5) is 4.00. The number of pyridine rings is 1. The molecular formula is C10H9NO. The van der Waals surface area contributed by atoms with E-state index in [0.717, 1.165) is 16.3 Å². The second-order valence-electron chi connectivity index (χ2n) is 2.86. The van der Waals surface area contributed by atoms with Crippen molar-refractivity contribution < 1.29 is 5.11 Å². The molecule has 0 aliphatic heterocycles. The van der Waals surface area contributed by atoms with Crippen molar-refractivity contribution >= 4 is 10.8 Å². The summed E-state index contributed by atoms with van der Waals surface area (Å²) in [5.74, 6) is 0.341. The van der Waals surface area contributed by atoms with Gasteiger partial charge in [-0.05, 0) is 36.1 Å². The number of benzene rings is 1. The molecule has 0 unspecified atom stereocenters. The lowest BCUT2D eigenvalue weighted by Crippen LogP contribution is -1.78. The van der Waals surface area contributed by atoms with Crippen LogP contribution >= 0.6 is 0 Å². The molecule has 0 amide bonds. The zero-order valence-corrected chi connectivity index (χ0v) is 6.78. The molecule has 1 heterocycles. The fourth-order valence-corrected chi connectivity index (χ4v) is 1.24. The Balaban J connectivity index is 2.84. The van der Waals surface area contributed by atoms with Gasteiger partial charge in [-0.25, -0.2) is 0 Å². The number of aryl methyl sites for hydroxylation is 1. The molecule has 0 spiro atoms. The van der Waals surface area contributed by atoms with Crippen LogP contribution in [-0.4, -0.2) is 10.1 Å². The number of fused-ring (bicyclic) bond motifs is 1. The van der Waals surface area contributed by atoms with Crippen LogP contribution in [0.15, 0.2) is 30.6 Å². The first-order valence-electron chi connectivity index (χ1n) is 3.81. The molecule has 60 valence electrons. The number of phenolic OH excluding ortho intramolecular Hbond substituents is 1. The highest BCUT2D eigenvalue weighted by Crippen LogP contribution is 2.22. The van der Waals surface area contributed by atoms with Gasteiger partial charge in [0, 0.05) is 17.8 Å². The minimum Gasteiger partial charge on any atom is -0.508 e. The molecule has 2 rings (SSSR count). The van der Waals surface area contributed by atoms with Gasteiger partial charge in [0.2, 0.25) is 0 Å². The lowest BCUT2D eigenvalue weighted by molar-refractivity contribution is 0.472. The fourth-order valence-electron chi connectivity index (χ4n) is 1.24. The van der Waals surface area contributed by atoms with Gasteiger partial charge in [-0.1, -0.05) is 0 Å². The first-order chi connectivity index (χ1) is 5.77. The summed E-state index contributed by atoms with van der Waals surface area (Å²) in [6, 6.07) is 5.57. The van der Waals surface area contributed by atoms with Crippen LogP contribution in [0.5, 0.6) is 5.75 Å². The molecule has 0 aliphatic rings. The van der Waals surface area contributed by atoms with Crippen LogP contribution in [0.3, 0.4) is 0 Å². The second kappa shape index (κ2) is 2.48. The van der Waals surface area contributed by atoms with Crippen LogP contribution in [0.25, 0.3) is 10.8 Å². The minimum atomic E-state index is 0.341. The number of hydrogen-bond acceptors (Lipinski definition) is 2. The van der Waals surface area contributed by atoms with Crippen molar-refractivity contribution in [1.82, 2.24) is 4.98 Å². The van der Waals surface area contributed by atoms with Crippen LogP contribution in [-0.2, 0) is 0 Å². The van der Waals surface area contributed by atoms with E-state index in [2.05, 4.69) is 4.98 Å². The van der Waals surface area contributed by atoms with Crippen molar-refractivity contribution in [3.8, 4) is 5.75 Å². The molecular weight excluding hydrogens is 150 g/mol. The fraction of sp³-hybridized carbons (Fsp3) is 0.100. The number of hydrogen-bond donors (Lipinski definition) is 1. The van der Waals surface area contributed by atoms with Crippen molar-refractivity contribution in [3.05, 3.63) is 36.2 Å². The van der Waals surface area contributed by atoms with Crippen molar-refractivity contribution in [2.45, 2.75) is 6.92 Å². The largest absolute Gasteiger partial charge is 0.508 e. The summed E-state index contributed by atoms with van der Waals surface area (Å²) in [5.41, 5.74) is 0.885. The van der Waals surface area contributed by atoms with Gasteiger partial charge in [0.05, 0.1) is 0 Å². The maximum Gasteiger partial charge on any atom is 0.119 e. The monoisotopic (exact) mass is 159 g/mol. The van der Waals surface area contributed by atoms with Gasteiger partial charge in [0.25, 0.3) is 0 Å². The summed E-state index contributed by atoms with van der Waals surface area (Å²) in [5, 5.41) is 11.5. The van der Waals surface area contributed by atoms with Crippen LogP contribution in [0.2, 0.25) is 0 Å². The molecule has 2 heteroatoms. The highest BCUT2D eigenvalue weighted by molar-refractivity contribution is 5.83. The summed E-state index contributed by atoms with van der Waals surface area (Å²) < 4.78 is 0. The van der Waals surface area contributed by atoms with Crippen molar-refractivity contribution in [3.63, 3.8) is 0 Å². The molecule has 0 saturated carbocycles. The average Bonchev–Trinajstić information content (AvgIpc) is 2.07. The molecule has 1 N–H and O–H groups in total. The normalized spacial score (nSPS) is 10.4. The molecule has 0 saturated heterocycles. The van der Waals surface area contributed by atoms with E-state index in [-0.39, 0.29) is 0 Å². The van der Waals surface area contributed by atoms with Gasteiger partial charge < -0.3 is 5.11 Å². The Labute approximate surface area is 70.5 Å². The number of nitrogens with zero attached hydrogens (tertiary/aromatic N) is 1. The predicted octanol–water partition coefficient (Wildman–Crippen LogP) is 2.25. The third kappa shape index (κ3) is 1.01. The van der Waals surface area contributed by atoms with E-state index in [0.29, 0.717) is 5.75 Å². The van der Waals surface area contributed by atoms with Gasteiger partial charge in [-0.2, -0.15) is 0 Å². The molecule has 0 aliphatic carbocycles. The summed E-state index contributed by atoms with van der Waals surface area (Å²) in [7, 11) is 0. The highest BCUT2D eigenvalue weighted by Gasteiger charge is 1.97. The van der Waals surface area contributed by atoms with Crippen molar-refractivity contribution in [2.75, 3.05) is 0 Å². The molecule has 0 bridgehead atoms. The Bertz CT molecular complexity index is 383. The number of aromatic hydroxyl groups is 1. The Morgan fingerprint density at radius 2 is 2.08 bits per heavy atom. The Morgan fingerprint density at radius 1 is 1.25 bits per heavy atom. The number of phenols is 1. The smallest absolute Gasteiger partial charge is 0.119 e. The van der Waals surface area contributed by atoms with Gasteiger partial charge in [0.15, 0.2) is 0 Å². The third-order valence-corrected chi connectivity index (χ3v) is 1.96. The van der Waals surface area contributed by atoms with Crippen molar-refractivity contribution in [1.29, 1.82) is 0 Å². The standard InChI is InChI=1S/C10H9NO/c1-7-4-9-6-11-3-2-8(9)5-10(7)12/h2-6,12H,1H3. The average molecular weight is 159 g/mol. The molecule has 0 fully saturated rings. The highest BCUT2D eigenvalue weighted by atomic mass is 16.3. The lowest BCUT2D eigenvalue weighted by atomic mass is 10.1. The van der Waals surface area contributed by atoms with E-state index >= 15 is 0 Å². The van der Waals surface area contributed by atoms with E-state index in [1.54, 1.807) is 18.5 Å². The SMILES string of the molecule is Cc1cc2cnccc2cc1O. The quantitative estimate of drug-likeness (QED) is 0.639. The van der Waals surface area contributed by atoms with Gasteiger partial charge in [0.1, 0.15) is 5.75 Å². The molecule has 0 atom stereocenters. The minimum absolute atomic E-state index is 0.341. The van der Waals surface area contributed by atoms with E-state index in [1.165, 1.54) is 0 Å². The summed E-state index contributed by atoms with van der Waals surface area (Å²) >= 11 is 0. The molecule has 0 radical (unpaired) electrons. The van der Waals surface area contributed by atoms with E-state index < -0.39 is 0 Å². The number of aromatic nitrogens is 1. The van der Waals surface area contributed by atoms with Crippen LogP contribution in [0.1, 0.15) is 5.56 Å². The topological polar surface area (TPSA) is 33.1 Å². The lowest BCUT2D eigenvalue weighted by Gasteiger charge is -2.00. The second-order valence-corrected chi connectivity index (χ2v) is 2.86. The Morgan fingerprint density at radius 3 is 2.92 bits per heavy atom. The van der Waals surface area contributed by atoms with Crippen molar-refractivity contribution in [2.24, 2.45) is 0 Å². The van der Waals surface area contributed by atoms with Crippen LogP contribution in [0.4, 0.5) is 0 Å². The Hall–Kier alpha value is -1.57. The molecule has 2 nitrogen and oxygen atoms in total. The van der Waals surface area contributed by atoms with E-state index in [4.69, 9.17) is 0 Å². The van der Waals surface area contributed by atoms with Gasteiger partial charge >= 0.3 is 0 Å². The molecule has 2 aromatic rings. The summed E-state index contributed by atoms with van der Waals surface area (Å²) in [6.07, 6.45) is 3.51. The molecule has 12 heavy (non-hydrogen) atoms. The van der Waals surface area contributed by atoms with E-state index in [1.807, 2.05) is 19.1 Å². The first kappa shape index (κ1) is 7.10. The van der Waals surface area contributed by atoms with Gasteiger partial charge in [-0.3, -0.25) is 4.98 Å². The van der Waals surface area contributed by atoms with Crippen LogP contribution < -0.4 is 0 Å². The molecule has 1 aromatic heterocycles. The molecule has 1 aromatic carbocycles. The Kier molecular flexibility index (Phi) is 1.47. The number of rotatable bonds is 0. The zero-order valence-electron chi connectivity index (χ0n) is 6.78. The zero-order chi connectivity index (χ0) is 8.55. The maximum atomic E-state index is 9.40. The predicted molar refractivity (Wildman–Crippen MR) is 48.1 cm³/mol.